The van der Waals surface area contributed by atoms with Crippen LogP contribution in [0.25, 0.3) is 0 Å². The highest BCUT2D eigenvalue weighted by Gasteiger charge is 2.15. The number of hydrogen-bond acceptors (Lipinski definition) is 4. The third kappa shape index (κ3) is 4.68. The van der Waals surface area contributed by atoms with Crippen molar-refractivity contribution in [2.45, 2.75) is 32.8 Å². The normalized spacial score (nSPS) is 11.2. The number of carbonyl (C=O) groups excluding carboxylic acids is 1. The van der Waals surface area contributed by atoms with Gasteiger partial charge < -0.3 is 20.8 Å². The maximum Gasteiger partial charge on any atom is 0.407 e. The Morgan fingerprint density at radius 2 is 2.31 bits per heavy atom. The molecule has 0 saturated heterocycles. The summed E-state index contributed by atoms with van der Waals surface area (Å²) < 4.78 is 5.08. The Kier molecular flexibility index (Phi) is 3.76. The number of carbonyl (C=O) groups is 1. The number of nitrogens with two attached hydrogens (primary N) is 1. The molecule has 1 heterocycles. The van der Waals surface area contributed by atoms with Gasteiger partial charge in [0.2, 0.25) is 0 Å². The highest BCUT2D eigenvalue weighted by Crippen LogP contribution is 2.06. The van der Waals surface area contributed by atoms with Gasteiger partial charge in [-0.1, -0.05) is 0 Å². The molecule has 0 saturated carbocycles. The number of alkyl carbamates (subject to hydrolysis) is 1. The lowest BCUT2D eigenvalue weighted by Gasteiger charge is -2.19. The Morgan fingerprint density at radius 3 is 2.81 bits per heavy atom. The molecule has 0 fully saturated rings. The number of H-pyrrole nitrogens is 1. The number of ether oxygens (including phenoxy) is 1. The number of nitrogen functional groups attached to an aromatic ring is 1. The zero-order valence-electron chi connectivity index (χ0n) is 9.83. The second-order valence-electron chi connectivity index (χ2n) is 4.47. The van der Waals surface area contributed by atoms with Gasteiger partial charge in [-0.25, -0.2) is 9.78 Å². The van der Waals surface area contributed by atoms with Crippen molar-refractivity contribution >= 4 is 12.0 Å². The van der Waals surface area contributed by atoms with Gasteiger partial charge in [-0.05, 0) is 20.8 Å². The van der Waals surface area contributed by atoms with Crippen LogP contribution in [0, 0.1) is 0 Å². The molecule has 1 aromatic rings. The maximum atomic E-state index is 11.3. The van der Waals surface area contributed by atoms with Crippen molar-refractivity contribution in [1.29, 1.82) is 0 Å². The molecular weight excluding hydrogens is 208 g/mol. The molecule has 0 unspecified atom stereocenters. The number of nitrogens with zero attached hydrogens (tertiary/aromatic N) is 1. The lowest BCUT2D eigenvalue weighted by atomic mass is 10.2. The number of aromatic nitrogens is 2. The number of aromatic amines is 1. The van der Waals surface area contributed by atoms with E-state index in [9.17, 15) is 4.79 Å². The third-order valence-corrected chi connectivity index (χ3v) is 1.71. The number of imidazole rings is 1. The minimum absolute atomic E-state index is 0.382. The first-order valence-corrected chi connectivity index (χ1v) is 5.13. The number of anilines is 1. The molecule has 0 atom stereocenters. The minimum Gasteiger partial charge on any atom is -0.444 e. The first kappa shape index (κ1) is 12.4. The lowest BCUT2D eigenvalue weighted by molar-refractivity contribution is 0.0528. The lowest BCUT2D eigenvalue weighted by Crippen LogP contribution is -2.33. The molecule has 0 bridgehead atoms. The van der Waals surface area contributed by atoms with E-state index in [1.165, 1.54) is 0 Å². The summed E-state index contributed by atoms with van der Waals surface area (Å²) in [6.07, 6.45) is 1.87. The zero-order chi connectivity index (χ0) is 12.2. The fourth-order valence-corrected chi connectivity index (χ4v) is 1.12. The predicted octanol–water partition coefficient (Wildman–Crippen LogP) is 1.06. The van der Waals surface area contributed by atoms with Crippen molar-refractivity contribution in [1.82, 2.24) is 15.3 Å². The fraction of sp³-hybridized carbons (Fsp3) is 0.600. The Morgan fingerprint density at radius 1 is 1.62 bits per heavy atom. The average molecular weight is 226 g/mol. The topological polar surface area (TPSA) is 93.0 Å². The third-order valence-electron chi connectivity index (χ3n) is 1.71. The second kappa shape index (κ2) is 4.87. The molecule has 6 nitrogen and oxygen atoms in total. The number of amides is 1. The van der Waals surface area contributed by atoms with Crippen LogP contribution in [0.4, 0.5) is 10.7 Å². The number of nitrogens with one attached hydrogen (secondary N) is 2. The molecule has 0 aromatic carbocycles. The highest BCUT2D eigenvalue weighted by atomic mass is 16.6. The van der Waals surface area contributed by atoms with E-state index >= 15 is 0 Å². The van der Waals surface area contributed by atoms with E-state index < -0.39 is 11.7 Å². The largest absolute Gasteiger partial charge is 0.444 e. The molecule has 0 radical (unpaired) electrons. The molecule has 90 valence electrons. The Hall–Kier alpha value is -1.72. The van der Waals surface area contributed by atoms with E-state index in [1.54, 1.807) is 6.20 Å². The molecule has 0 aliphatic heterocycles. The quantitative estimate of drug-likeness (QED) is 0.718. The summed E-state index contributed by atoms with van der Waals surface area (Å²) >= 11 is 0. The number of hydrogen-bond donors (Lipinski definition) is 3. The summed E-state index contributed by atoms with van der Waals surface area (Å²) in [7, 11) is 0. The summed E-state index contributed by atoms with van der Waals surface area (Å²) in [5, 5.41) is 2.65. The zero-order valence-corrected chi connectivity index (χ0v) is 9.83. The van der Waals surface area contributed by atoms with Crippen molar-refractivity contribution in [3.05, 3.63) is 11.9 Å². The van der Waals surface area contributed by atoms with Crippen LogP contribution in [-0.4, -0.2) is 28.2 Å². The van der Waals surface area contributed by atoms with Crippen LogP contribution in [0.2, 0.25) is 0 Å². The Balaban J connectivity index is 2.23. The molecule has 0 aliphatic rings. The average Bonchev–Trinajstić information content (AvgIpc) is 2.48. The smallest absolute Gasteiger partial charge is 0.407 e. The van der Waals surface area contributed by atoms with Crippen molar-refractivity contribution in [2.75, 3.05) is 12.3 Å². The molecule has 0 spiro atoms. The molecule has 1 aromatic heterocycles. The van der Waals surface area contributed by atoms with Gasteiger partial charge in [0.1, 0.15) is 5.60 Å². The summed E-state index contributed by atoms with van der Waals surface area (Å²) in [6.45, 7) is 5.95. The molecule has 1 amide bonds. The molecule has 1 rings (SSSR count). The summed E-state index contributed by atoms with van der Waals surface area (Å²) in [6, 6.07) is 0. The van der Waals surface area contributed by atoms with E-state index in [-0.39, 0.29) is 0 Å². The van der Waals surface area contributed by atoms with E-state index in [2.05, 4.69) is 15.3 Å². The maximum absolute atomic E-state index is 11.3. The summed E-state index contributed by atoms with van der Waals surface area (Å²) in [5.41, 5.74) is 5.83. The van der Waals surface area contributed by atoms with Crippen molar-refractivity contribution in [3.8, 4) is 0 Å². The fourth-order valence-electron chi connectivity index (χ4n) is 1.12. The second-order valence-corrected chi connectivity index (χ2v) is 4.47. The van der Waals surface area contributed by atoms with Gasteiger partial charge in [0, 0.05) is 18.7 Å². The van der Waals surface area contributed by atoms with Crippen LogP contribution >= 0.6 is 0 Å². The van der Waals surface area contributed by atoms with Crippen LogP contribution in [0.5, 0.6) is 0 Å². The highest BCUT2D eigenvalue weighted by molar-refractivity contribution is 5.67. The van der Waals surface area contributed by atoms with Crippen molar-refractivity contribution < 1.29 is 9.53 Å². The van der Waals surface area contributed by atoms with Gasteiger partial charge in [-0.2, -0.15) is 0 Å². The standard InChI is InChI=1S/C10H18N4O2/c1-10(2,3)16-9(15)12-5-4-7-6-13-8(11)14-7/h6H,4-5H2,1-3H3,(H,12,15)(H3,11,13,14). The van der Waals surface area contributed by atoms with Crippen molar-refractivity contribution in [2.24, 2.45) is 0 Å². The SMILES string of the molecule is CC(C)(C)OC(=O)NCCc1cnc(N)[nH]1. The first-order chi connectivity index (χ1) is 7.37. The van der Waals surface area contributed by atoms with Crippen LogP contribution < -0.4 is 11.1 Å². The minimum atomic E-state index is -0.470. The van der Waals surface area contributed by atoms with Gasteiger partial charge in [0.15, 0.2) is 5.95 Å². The van der Waals surface area contributed by atoms with Gasteiger partial charge in [0.05, 0.1) is 6.20 Å². The van der Waals surface area contributed by atoms with E-state index in [1.807, 2.05) is 20.8 Å². The van der Waals surface area contributed by atoms with Gasteiger partial charge in [-0.15, -0.1) is 0 Å². The molecule has 0 aliphatic carbocycles. The van der Waals surface area contributed by atoms with E-state index in [4.69, 9.17) is 10.5 Å². The van der Waals surface area contributed by atoms with Crippen LogP contribution in [0.1, 0.15) is 26.5 Å². The summed E-state index contributed by atoms with van der Waals surface area (Å²) in [4.78, 5) is 18.0. The van der Waals surface area contributed by atoms with Gasteiger partial charge in [0.25, 0.3) is 0 Å². The van der Waals surface area contributed by atoms with Gasteiger partial charge in [-0.3, -0.25) is 0 Å². The number of rotatable bonds is 3. The first-order valence-electron chi connectivity index (χ1n) is 5.13. The molecule has 16 heavy (non-hydrogen) atoms. The monoisotopic (exact) mass is 226 g/mol. The van der Waals surface area contributed by atoms with Crippen LogP contribution in [0.15, 0.2) is 6.20 Å². The van der Waals surface area contributed by atoms with Crippen LogP contribution in [-0.2, 0) is 11.2 Å². The predicted molar refractivity (Wildman–Crippen MR) is 60.9 cm³/mol. The summed E-state index contributed by atoms with van der Waals surface area (Å²) in [5.74, 6) is 0.382. The Bertz CT molecular complexity index is 354. The van der Waals surface area contributed by atoms with Gasteiger partial charge >= 0.3 is 6.09 Å². The molecule has 6 heteroatoms. The molecular formula is C10H18N4O2. The van der Waals surface area contributed by atoms with Crippen molar-refractivity contribution in [3.63, 3.8) is 0 Å². The van der Waals surface area contributed by atoms with E-state index in [0.29, 0.717) is 18.9 Å². The van der Waals surface area contributed by atoms with E-state index in [0.717, 1.165) is 5.69 Å². The Labute approximate surface area is 94.6 Å². The molecule has 4 N–H and O–H groups in total. The van der Waals surface area contributed by atoms with Crippen LogP contribution in [0.3, 0.4) is 0 Å².